The monoisotopic (exact) mass is 409 g/mol. The van der Waals surface area contributed by atoms with E-state index < -0.39 is 42.5 Å². The zero-order valence-electron chi connectivity index (χ0n) is 16.3. The lowest BCUT2D eigenvalue weighted by atomic mass is 9.91. The number of aliphatic hydroxyl groups excluding tert-OH is 5. The fraction of sp³-hybridized carbons (Fsp3) is 0.261. The zero-order chi connectivity index (χ0) is 21.4. The van der Waals surface area contributed by atoms with E-state index in [0.29, 0.717) is 5.56 Å². The Labute approximate surface area is 173 Å². The molecule has 5 N–H and O–H groups in total. The molecule has 0 saturated carbocycles. The fourth-order valence-corrected chi connectivity index (χ4v) is 3.88. The summed E-state index contributed by atoms with van der Waals surface area (Å²) >= 11 is 0. The third-order valence-electron chi connectivity index (χ3n) is 5.53. The van der Waals surface area contributed by atoms with Crippen LogP contribution < -0.4 is 0 Å². The number of pyridine rings is 1. The van der Waals surface area contributed by atoms with Gasteiger partial charge in [-0.3, -0.25) is 4.98 Å². The molecule has 3 aromatic rings. The van der Waals surface area contributed by atoms with Crippen molar-refractivity contribution in [2.75, 3.05) is 6.61 Å². The van der Waals surface area contributed by atoms with Crippen LogP contribution in [-0.4, -0.2) is 55.4 Å². The van der Waals surface area contributed by atoms with Crippen molar-refractivity contribution < 1.29 is 30.3 Å². The number of aromatic nitrogens is 1. The highest BCUT2D eigenvalue weighted by atomic mass is 16.5. The Bertz CT molecular complexity index is 1110. The number of hydrogen-bond acceptors (Lipinski definition) is 7. The van der Waals surface area contributed by atoms with Gasteiger partial charge >= 0.3 is 0 Å². The SMILES string of the molecule is Cc1cc(-c2cccc3cnccc23)ccc1[C@@H](O)[C@H]1OC(CO)[C@@H](O)C(O)=C1O. The van der Waals surface area contributed by atoms with Crippen LogP contribution in [0.15, 0.2) is 66.4 Å². The molecule has 30 heavy (non-hydrogen) atoms. The van der Waals surface area contributed by atoms with Crippen LogP contribution in [0.5, 0.6) is 0 Å². The van der Waals surface area contributed by atoms with E-state index in [9.17, 15) is 25.5 Å². The van der Waals surface area contributed by atoms with E-state index in [1.807, 2.05) is 43.3 Å². The lowest BCUT2D eigenvalue weighted by Crippen LogP contribution is -2.45. The average molecular weight is 409 g/mol. The van der Waals surface area contributed by atoms with Crippen LogP contribution in [0.3, 0.4) is 0 Å². The second-order valence-corrected chi connectivity index (χ2v) is 7.41. The van der Waals surface area contributed by atoms with E-state index in [1.54, 1.807) is 18.5 Å². The third-order valence-corrected chi connectivity index (χ3v) is 5.53. The summed E-state index contributed by atoms with van der Waals surface area (Å²) in [6, 6.07) is 13.4. The fourth-order valence-electron chi connectivity index (χ4n) is 3.88. The molecule has 7 nitrogen and oxygen atoms in total. The number of nitrogens with zero attached hydrogens (tertiary/aromatic N) is 1. The maximum atomic E-state index is 10.8. The van der Waals surface area contributed by atoms with Gasteiger partial charge in [0.25, 0.3) is 0 Å². The first kappa shape index (κ1) is 20.3. The molecule has 0 bridgehead atoms. The Balaban J connectivity index is 1.70. The normalized spacial score (nSPS) is 23.0. The molecule has 4 rings (SSSR count). The Morgan fingerprint density at radius 3 is 2.63 bits per heavy atom. The number of aryl methyl sites for hydroxylation is 1. The summed E-state index contributed by atoms with van der Waals surface area (Å²) in [5.74, 6) is -1.35. The maximum absolute atomic E-state index is 10.8. The number of benzene rings is 2. The molecule has 2 heterocycles. The minimum Gasteiger partial charge on any atom is -0.506 e. The van der Waals surface area contributed by atoms with E-state index in [2.05, 4.69) is 4.98 Å². The molecule has 0 amide bonds. The van der Waals surface area contributed by atoms with Crippen molar-refractivity contribution in [3.05, 3.63) is 77.5 Å². The van der Waals surface area contributed by atoms with Crippen molar-refractivity contribution in [2.45, 2.75) is 31.3 Å². The van der Waals surface area contributed by atoms with Crippen molar-refractivity contribution >= 4 is 10.8 Å². The van der Waals surface area contributed by atoms with Crippen molar-refractivity contribution in [1.29, 1.82) is 0 Å². The number of fused-ring (bicyclic) bond motifs is 1. The minimum atomic E-state index is -1.55. The molecule has 2 aromatic carbocycles. The molecule has 7 heteroatoms. The Morgan fingerprint density at radius 2 is 1.90 bits per heavy atom. The largest absolute Gasteiger partial charge is 0.506 e. The number of rotatable bonds is 4. The lowest BCUT2D eigenvalue weighted by Gasteiger charge is -2.34. The van der Waals surface area contributed by atoms with E-state index in [0.717, 1.165) is 27.5 Å². The zero-order valence-corrected chi connectivity index (χ0v) is 16.3. The van der Waals surface area contributed by atoms with E-state index >= 15 is 0 Å². The quantitative estimate of drug-likeness (QED) is 0.449. The van der Waals surface area contributed by atoms with Gasteiger partial charge < -0.3 is 30.3 Å². The summed E-state index contributed by atoms with van der Waals surface area (Å²) in [5.41, 5.74) is 3.24. The molecular formula is C23H23NO6. The number of hydrogen-bond donors (Lipinski definition) is 5. The van der Waals surface area contributed by atoms with Crippen LogP contribution in [0.2, 0.25) is 0 Å². The van der Waals surface area contributed by atoms with Gasteiger partial charge in [-0.25, -0.2) is 0 Å². The van der Waals surface area contributed by atoms with Crippen LogP contribution in [0.25, 0.3) is 21.9 Å². The second kappa shape index (κ2) is 8.04. The molecular weight excluding hydrogens is 386 g/mol. The molecule has 156 valence electrons. The molecule has 1 aliphatic heterocycles. The Hall–Kier alpha value is -2.97. The predicted molar refractivity (Wildman–Crippen MR) is 111 cm³/mol. The first-order valence-corrected chi connectivity index (χ1v) is 9.60. The van der Waals surface area contributed by atoms with Crippen LogP contribution >= 0.6 is 0 Å². The summed E-state index contributed by atoms with van der Waals surface area (Å²) in [5, 5.41) is 52.3. The smallest absolute Gasteiger partial charge is 0.165 e. The Kier molecular flexibility index (Phi) is 5.44. The summed E-state index contributed by atoms with van der Waals surface area (Å²) < 4.78 is 5.45. The van der Waals surface area contributed by atoms with Gasteiger partial charge in [0, 0.05) is 17.8 Å². The number of aliphatic hydroxyl groups is 5. The van der Waals surface area contributed by atoms with Crippen molar-refractivity contribution in [3.8, 4) is 11.1 Å². The maximum Gasteiger partial charge on any atom is 0.165 e. The van der Waals surface area contributed by atoms with Crippen LogP contribution in [0, 0.1) is 6.92 Å². The van der Waals surface area contributed by atoms with E-state index in [1.165, 1.54) is 0 Å². The highest BCUT2D eigenvalue weighted by molar-refractivity contribution is 5.96. The van der Waals surface area contributed by atoms with Gasteiger partial charge in [0.05, 0.1) is 6.61 Å². The van der Waals surface area contributed by atoms with Gasteiger partial charge in [-0.2, -0.15) is 0 Å². The molecule has 1 aliphatic rings. The molecule has 1 unspecified atom stereocenters. The predicted octanol–water partition coefficient (Wildman–Crippen LogP) is 2.69. The average Bonchev–Trinajstić information content (AvgIpc) is 2.77. The summed E-state index contributed by atoms with van der Waals surface area (Å²) in [7, 11) is 0. The van der Waals surface area contributed by atoms with Gasteiger partial charge in [-0.1, -0.05) is 36.4 Å². The Morgan fingerprint density at radius 1 is 1.10 bits per heavy atom. The summed E-state index contributed by atoms with van der Waals surface area (Å²) in [6.07, 6.45) is -1.77. The van der Waals surface area contributed by atoms with Gasteiger partial charge in [0.1, 0.15) is 24.4 Å². The van der Waals surface area contributed by atoms with Gasteiger partial charge in [0.2, 0.25) is 0 Å². The third kappa shape index (κ3) is 3.42. The van der Waals surface area contributed by atoms with Crippen LogP contribution in [-0.2, 0) is 4.74 Å². The number of ether oxygens (including phenoxy) is 1. The molecule has 0 radical (unpaired) electrons. The van der Waals surface area contributed by atoms with E-state index in [4.69, 9.17) is 4.74 Å². The first-order valence-electron chi connectivity index (χ1n) is 9.60. The molecule has 0 fully saturated rings. The molecule has 4 atom stereocenters. The lowest BCUT2D eigenvalue weighted by molar-refractivity contribution is -0.148. The molecule has 1 aromatic heterocycles. The minimum absolute atomic E-state index is 0.498. The van der Waals surface area contributed by atoms with Crippen molar-refractivity contribution in [2.24, 2.45) is 0 Å². The summed E-state index contributed by atoms with van der Waals surface area (Å²) in [4.78, 5) is 4.15. The topological polar surface area (TPSA) is 123 Å². The van der Waals surface area contributed by atoms with Crippen LogP contribution in [0.4, 0.5) is 0 Å². The summed E-state index contributed by atoms with van der Waals surface area (Å²) in [6.45, 7) is 1.26. The first-order chi connectivity index (χ1) is 14.4. The van der Waals surface area contributed by atoms with Gasteiger partial charge in [0.15, 0.2) is 11.5 Å². The second-order valence-electron chi connectivity index (χ2n) is 7.41. The molecule has 0 saturated heterocycles. The highest BCUT2D eigenvalue weighted by Gasteiger charge is 2.41. The standard InChI is InChI=1S/C23H23NO6/c1-12-9-13(16-4-2-3-14-10-24-8-7-17(14)16)5-6-15(12)19(26)23-22(29)21(28)20(27)18(11-25)30-23/h2-10,18-20,23,25-29H,11H2,1H3/t18?,19-,20-,23-/m1/s1. The molecule has 0 aliphatic carbocycles. The van der Waals surface area contributed by atoms with Crippen LogP contribution in [0.1, 0.15) is 17.2 Å². The van der Waals surface area contributed by atoms with Gasteiger partial charge in [-0.15, -0.1) is 0 Å². The van der Waals surface area contributed by atoms with Crippen molar-refractivity contribution in [3.63, 3.8) is 0 Å². The van der Waals surface area contributed by atoms with E-state index in [-0.39, 0.29) is 0 Å². The molecule has 0 spiro atoms. The highest BCUT2D eigenvalue weighted by Crippen LogP contribution is 2.35. The van der Waals surface area contributed by atoms with Crippen molar-refractivity contribution in [1.82, 2.24) is 4.98 Å². The van der Waals surface area contributed by atoms with Gasteiger partial charge in [-0.05, 0) is 40.6 Å².